The number of hydrogen-bond donors (Lipinski definition) is 0. The minimum atomic E-state index is 0.919. The molecule has 0 unspecified atom stereocenters. The SMILES string of the molecule is c1ccc(-c2nn3c(c2-c2cncc4ccccc24)CCC3)nc1. The number of benzene rings is 1. The highest BCUT2D eigenvalue weighted by atomic mass is 15.3. The van der Waals surface area contributed by atoms with Crippen molar-refractivity contribution in [1.29, 1.82) is 0 Å². The molecule has 4 heteroatoms. The lowest BCUT2D eigenvalue weighted by Gasteiger charge is -2.08. The van der Waals surface area contributed by atoms with Gasteiger partial charge < -0.3 is 0 Å². The average Bonchev–Trinajstić information content (AvgIpc) is 3.23. The molecular weight excluding hydrogens is 296 g/mol. The van der Waals surface area contributed by atoms with Crippen LogP contribution in [0.5, 0.6) is 0 Å². The second kappa shape index (κ2) is 5.27. The molecule has 0 radical (unpaired) electrons. The maximum Gasteiger partial charge on any atom is 0.119 e. The van der Waals surface area contributed by atoms with Gasteiger partial charge in [-0.05, 0) is 30.4 Å². The van der Waals surface area contributed by atoms with Gasteiger partial charge in [0.15, 0.2) is 0 Å². The van der Waals surface area contributed by atoms with Crippen LogP contribution in [0.4, 0.5) is 0 Å². The van der Waals surface area contributed by atoms with Gasteiger partial charge in [0.25, 0.3) is 0 Å². The Kier molecular flexibility index (Phi) is 2.95. The third-order valence-corrected chi connectivity index (χ3v) is 4.69. The normalized spacial score (nSPS) is 13.3. The Bertz CT molecular complexity index is 1030. The summed E-state index contributed by atoms with van der Waals surface area (Å²) in [6.07, 6.45) is 7.91. The van der Waals surface area contributed by atoms with Crippen LogP contribution in [0.1, 0.15) is 12.1 Å². The minimum Gasteiger partial charge on any atom is -0.268 e. The third-order valence-electron chi connectivity index (χ3n) is 4.69. The highest BCUT2D eigenvalue weighted by molar-refractivity contribution is 5.99. The molecule has 0 saturated heterocycles. The smallest absolute Gasteiger partial charge is 0.119 e. The fourth-order valence-corrected chi connectivity index (χ4v) is 3.61. The molecule has 1 aromatic carbocycles. The lowest BCUT2D eigenvalue weighted by Crippen LogP contribution is -1.94. The summed E-state index contributed by atoms with van der Waals surface area (Å²) in [6, 6.07) is 14.4. The van der Waals surface area contributed by atoms with Crippen LogP contribution in [0.3, 0.4) is 0 Å². The van der Waals surface area contributed by atoms with Gasteiger partial charge in [0.05, 0.1) is 5.69 Å². The molecule has 24 heavy (non-hydrogen) atoms. The van der Waals surface area contributed by atoms with Crippen molar-refractivity contribution in [3.8, 4) is 22.5 Å². The second-order valence-electron chi connectivity index (χ2n) is 6.12. The largest absolute Gasteiger partial charge is 0.268 e. The van der Waals surface area contributed by atoms with Crippen molar-refractivity contribution in [1.82, 2.24) is 19.7 Å². The summed E-state index contributed by atoms with van der Waals surface area (Å²) in [4.78, 5) is 9.00. The maximum absolute atomic E-state index is 4.87. The molecular formula is C20H16N4. The first-order chi connectivity index (χ1) is 11.9. The minimum absolute atomic E-state index is 0.919. The van der Waals surface area contributed by atoms with Gasteiger partial charge in [0.1, 0.15) is 5.69 Å². The Balaban J connectivity index is 1.84. The van der Waals surface area contributed by atoms with Crippen LogP contribution in [-0.2, 0) is 13.0 Å². The Labute approximate surface area is 139 Å². The average molecular weight is 312 g/mol. The van der Waals surface area contributed by atoms with Crippen LogP contribution in [0, 0.1) is 0 Å². The number of rotatable bonds is 2. The molecule has 116 valence electrons. The van der Waals surface area contributed by atoms with Gasteiger partial charge >= 0.3 is 0 Å². The van der Waals surface area contributed by atoms with Crippen LogP contribution >= 0.6 is 0 Å². The number of aromatic nitrogens is 4. The molecule has 5 rings (SSSR count). The standard InChI is InChI=1S/C20H16N4/c1-2-7-15-14(6-1)12-21-13-16(15)19-18-9-5-11-24(18)23-20(19)17-8-3-4-10-22-17/h1-4,6-8,10,12-13H,5,9,11H2. The van der Waals surface area contributed by atoms with Gasteiger partial charge in [-0.1, -0.05) is 30.3 Å². The fourth-order valence-electron chi connectivity index (χ4n) is 3.61. The first kappa shape index (κ1) is 13.4. The lowest BCUT2D eigenvalue weighted by molar-refractivity contribution is 0.658. The Morgan fingerprint density at radius 3 is 2.79 bits per heavy atom. The van der Waals surface area contributed by atoms with E-state index in [9.17, 15) is 0 Å². The van der Waals surface area contributed by atoms with Crippen LogP contribution in [0.25, 0.3) is 33.3 Å². The van der Waals surface area contributed by atoms with Crippen molar-refractivity contribution in [3.05, 3.63) is 66.7 Å². The molecule has 0 aliphatic carbocycles. The Morgan fingerprint density at radius 2 is 1.88 bits per heavy atom. The molecule has 0 atom stereocenters. The van der Waals surface area contributed by atoms with Gasteiger partial charge in [-0.25, -0.2) is 0 Å². The quantitative estimate of drug-likeness (QED) is 0.559. The number of fused-ring (bicyclic) bond motifs is 2. The van der Waals surface area contributed by atoms with E-state index < -0.39 is 0 Å². The van der Waals surface area contributed by atoms with Crippen molar-refractivity contribution < 1.29 is 0 Å². The highest BCUT2D eigenvalue weighted by Crippen LogP contribution is 2.39. The number of nitrogens with zero attached hydrogens (tertiary/aromatic N) is 4. The number of hydrogen-bond acceptors (Lipinski definition) is 3. The van der Waals surface area contributed by atoms with Gasteiger partial charge in [0, 0.05) is 47.3 Å². The molecule has 0 amide bonds. The molecule has 1 aliphatic rings. The third kappa shape index (κ3) is 1.96. The van der Waals surface area contributed by atoms with E-state index >= 15 is 0 Å². The Hall–Kier alpha value is -3.01. The van der Waals surface area contributed by atoms with Crippen molar-refractivity contribution in [2.24, 2.45) is 0 Å². The van der Waals surface area contributed by atoms with E-state index in [0.29, 0.717) is 0 Å². The zero-order valence-electron chi connectivity index (χ0n) is 13.2. The van der Waals surface area contributed by atoms with E-state index in [1.54, 1.807) is 0 Å². The molecule has 4 heterocycles. The Morgan fingerprint density at radius 1 is 0.958 bits per heavy atom. The summed E-state index contributed by atoms with van der Waals surface area (Å²) in [5, 5.41) is 7.24. The van der Waals surface area contributed by atoms with Gasteiger partial charge in [-0.15, -0.1) is 0 Å². The molecule has 0 saturated carbocycles. The zero-order valence-corrected chi connectivity index (χ0v) is 13.2. The molecule has 0 spiro atoms. The molecule has 4 nitrogen and oxygen atoms in total. The van der Waals surface area contributed by atoms with Crippen LogP contribution in [0.15, 0.2) is 61.1 Å². The number of aryl methyl sites for hydroxylation is 1. The molecule has 3 aromatic heterocycles. The first-order valence-corrected chi connectivity index (χ1v) is 8.26. The molecule has 0 N–H and O–H groups in total. The molecule has 1 aliphatic heterocycles. The van der Waals surface area contributed by atoms with E-state index in [1.807, 2.05) is 36.8 Å². The summed E-state index contributed by atoms with van der Waals surface area (Å²) in [5.74, 6) is 0. The summed E-state index contributed by atoms with van der Waals surface area (Å²) >= 11 is 0. The van der Waals surface area contributed by atoms with Gasteiger partial charge in [-0.2, -0.15) is 5.10 Å². The van der Waals surface area contributed by atoms with Crippen molar-refractivity contribution in [3.63, 3.8) is 0 Å². The van der Waals surface area contributed by atoms with Crippen LogP contribution < -0.4 is 0 Å². The van der Waals surface area contributed by atoms with Crippen LogP contribution in [-0.4, -0.2) is 19.7 Å². The van der Waals surface area contributed by atoms with E-state index in [1.165, 1.54) is 16.6 Å². The van der Waals surface area contributed by atoms with E-state index in [2.05, 4.69) is 38.9 Å². The summed E-state index contributed by atoms with van der Waals surface area (Å²) in [6.45, 7) is 0.980. The predicted octanol–water partition coefficient (Wildman–Crippen LogP) is 4.11. The lowest BCUT2D eigenvalue weighted by atomic mass is 9.97. The molecule has 0 fully saturated rings. The van der Waals surface area contributed by atoms with Crippen molar-refractivity contribution >= 4 is 10.8 Å². The highest BCUT2D eigenvalue weighted by Gasteiger charge is 2.25. The van der Waals surface area contributed by atoms with Crippen molar-refractivity contribution in [2.75, 3.05) is 0 Å². The molecule has 0 bridgehead atoms. The maximum atomic E-state index is 4.87. The topological polar surface area (TPSA) is 43.6 Å². The van der Waals surface area contributed by atoms with E-state index in [-0.39, 0.29) is 0 Å². The monoisotopic (exact) mass is 312 g/mol. The van der Waals surface area contributed by atoms with E-state index in [0.717, 1.165) is 41.7 Å². The van der Waals surface area contributed by atoms with Gasteiger partial charge in [0.2, 0.25) is 0 Å². The summed E-state index contributed by atoms with van der Waals surface area (Å²) < 4.78 is 2.14. The zero-order chi connectivity index (χ0) is 15.9. The second-order valence-corrected chi connectivity index (χ2v) is 6.12. The van der Waals surface area contributed by atoms with Crippen molar-refractivity contribution in [2.45, 2.75) is 19.4 Å². The van der Waals surface area contributed by atoms with Crippen LogP contribution in [0.2, 0.25) is 0 Å². The number of pyridine rings is 2. The summed E-state index contributed by atoms with van der Waals surface area (Å²) in [7, 11) is 0. The first-order valence-electron chi connectivity index (χ1n) is 8.26. The molecule has 4 aromatic rings. The van der Waals surface area contributed by atoms with E-state index in [4.69, 9.17) is 5.10 Å². The summed E-state index contributed by atoms with van der Waals surface area (Å²) in [5.41, 5.74) is 5.52. The van der Waals surface area contributed by atoms with Gasteiger partial charge in [-0.3, -0.25) is 14.6 Å². The predicted molar refractivity (Wildman–Crippen MR) is 94.5 cm³/mol. The fraction of sp³-hybridized carbons (Fsp3) is 0.150.